The minimum Gasteiger partial charge on any atom is -0.480 e. The molecule has 0 spiro atoms. The van der Waals surface area contributed by atoms with Crippen molar-refractivity contribution < 1.29 is 9.90 Å². The third kappa shape index (κ3) is 2.59. The molecule has 0 aromatic carbocycles. The number of rotatable bonds is 3. The molecule has 5 heteroatoms. The molecule has 1 atom stereocenters. The Morgan fingerprint density at radius 2 is 2.15 bits per heavy atom. The molecule has 1 N–H and O–H groups in total. The van der Waals surface area contributed by atoms with Gasteiger partial charge in [0.15, 0.2) is 0 Å². The van der Waals surface area contributed by atoms with Gasteiger partial charge in [0.2, 0.25) is 0 Å². The summed E-state index contributed by atoms with van der Waals surface area (Å²) < 4.78 is 1.82. The lowest BCUT2D eigenvalue weighted by atomic mass is 9.89. The zero-order valence-corrected chi connectivity index (χ0v) is 13.1. The van der Waals surface area contributed by atoms with Crippen molar-refractivity contribution in [3.8, 4) is 0 Å². The predicted molar refractivity (Wildman–Crippen MR) is 77.6 cm³/mol. The van der Waals surface area contributed by atoms with E-state index < -0.39 is 11.5 Å². The van der Waals surface area contributed by atoms with E-state index in [-0.39, 0.29) is 5.41 Å². The van der Waals surface area contributed by atoms with Gasteiger partial charge in [-0.15, -0.1) is 0 Å². The summed E-state index contributed by atoms with van der Waals surface area (Å²) in [6.07, 6.45) is 3.67. The van der Waals surface area contributed by atoms with Crippen LogP contribution in [0, 0.1) is 0 Å². The van der Waals surface area contributed by atoms with Crippen LogP contribution in [0.2, 0.25) is 0 Å². The maximum atomic E-state index is 11.5. The van der Waals surface area contributed by atoms with Gasteiger partial charge in [0.1, 0.15) is 5.54 Å². The van der Waals surface area contributed by atoms with Crippen LogP contribution in [0.25, 0.3) is 0 Å². The number of nitrogens with zero attached hydrogens (tertiary/aromatic N) is 3. The lowest BCUT2D eigenvalue weighted by molar-refractivity contribution is -0.148. The highest BCUT2D eigenvalue weighted by molar-refractivity contribution is 5.78. The summed E-state index contributed by atoms with van der Waals surface area (Å²) in [6.45, 7) is 9.73. The number of aromatic nitrogens is 2. The van der Waals surface area contributed by atoms with Crippen LogP contribution in [0.15, 0.2) is 6.20 Å². The Balaban J connectivity index is 2.29. The molecular weight excluding hydrogens is 254 g/mol. The summed E-state index contributed by atoms with van der Waals surface area (Å²) in [7, 11) is 1.92. The largest absolute Gasteiger partial charge is 0.480 e. The Morgan fingerprint density at radius 1 is 1.50 bits per heavy atom. The molecule has 1 aliphatic heterocycles. The molecule has 0 bridgehead atoms. The van der Waals surface area contributed by atoms with Gasteiger partial charge in [-0.25, -0.2) is 0 Å². The Morgan fingerprint density at radius 3 is 2.70 bits per heavy atom. The van der Waals surface area contributed by atoms with Gasteiger partial charge in [-0.2, -0.15) is 5.10 Å². The second-order valence-corrected chi connectivity index (χ2v) is 7.03. The standard InChI is InChI=1S/C15H25N3O2/c1-14(2,3)12-11(9-17(5)16-12)10-18-8-6-7-15(18,4)13(19)20/h9H,6-8,10H2,1-5H3,(H,19,20). The Bertz CT molecular complexity index is 516. The van der Waals surface area contributed by atoms with Crippen molar-refractivity contribution in [2.45, 2.75) is 58.0 Å². The summed E-state index contributed by atoms with van der Waals surface area (Å²) in [4.78, 5) is 13.6. The number of hydrogen-bond donors (Lipinski definition) is 1. The highest BCUT2D eigenvalue weighted by atomic mass is 16.4. The van der Waals surface area contributed by atoms with Gasteiger partial charge in [-0.05, 0) is 26.3 Å². The van der Waals surface area contributed by atoms with Crippen LogP contribution in [-0.4, -0.2) is 37.8 Å². The first-order valence-electron chi connectivity index (χ1n) is 7.16. The number of carbonyl (C=O) groups is 1. The quantitative estimate of drug-likeness (QED) is 0.921. The topological polar surface area (TPSA) is 58.4 Å². The molecule has 0 amide bonds. The monoisotopic (exact) mass is 279 g/mol. The molecule has 0 radical (unpaired) electrons. The summed E-state index contributed by atoms with van der Waals surface area (Å²) in [5, 5.41) is 14.1. The first kappa shape index (κ1) is 15.0. The van der Waals surface area contributed by atoms with E-state index in [9.17, 15) is 9.90 Å². The Kier molecular flexibility index (Phi) is 3.67. The highest BCUT2D eigenvalue weighted by Crippen LogP contribution is 2.33. The van der Waals surface area contributed by atoms with Gasteiger partial charge >= 0.3 is 5.97 Å². The van der Waals surface area contributed by atoms with E-state index in [0.717, 1.165) is 24.2 Å². The average Bonchev–Trinajstić information content (AvgIpc) is 2.84. The lowest BCUT2D eigenvalue weighted by Crippen LogP contribution is -2.47. The third-order valence-electron chi connectivity index (χ3n) is 4.23. The third-order valence-corrected chi connectivity index (χ3v) is 4.23. The summed E-state index contributed by atoms with van der Waals surface area (Å²) >= 11 is 0. The van der Waals surface area contributed by atoms with Crippen molar-refractivity contribution in [2.24, 2.45) is 7.05 Å². The zero-order valence-electron chi connectivity index (χ0n) is 13.1. The normalized spacial score (nSPS) is 24.2. The molecule has 2 rings (SSSR count). The number of aliphatic carboxylic acids is 1. The first-order chi connectivity index (χ1) is 9.14. The van der Waals surface area contributed by atoms with E-state index in [1.165, 1.54) is 0 Å². The van der Waals surface area contributed by atoms with Crippen molar-refractivity contribution in [1.29, 1.82) is 0 Å². The second-order valence-electron chi connectivity index (χ2n) is 7.03. The summed E-state index contributed by atoms with van der Waals surface area (Å²) in [5.41, 5.74) is 1.41. The molecule has 2 heterocycles. The van der Waals surface area contributed by atoms with Crippen molar-refractivity contribution in [2.75, 3.05) is 6.54 Å². The Labute approximate surface area is 120 Å². The van der Waals surface area contributed by atoms with E-state index in [1.807, 2.05) is 24.9 Å². The van der Waals surface area contributed by atoms with Crippen LogP contribution < -0.4 is 0 Å². The fourth-order valence-corrected chi connectivity index (χ4v) is 3.01. The molecule has 1 aromatic rings. The van der Waals surface area contributed by atoms with Crippen molar-refractivity contribution >= 4 is 5.97 Å². The molecule has 0 aliphatic carbocycles. The smallest absolute Gasteiger partial charge is 0.323 e. The zero-order chi connectivity index (χ0) is 15.1. The van der Waals surface area contributed by atoms with Gasteiger partial charge in [0.05, 0.1) is 5.69 Å². The fourth-order valence-electron chi connectivity index (χ4n) is 3.01. The average molecular weight is 279 g/mol. The maximum absolute atomic E-state index is 11.5. The molecule has 1 fully saturated rings. The fraction of sp³-hybridized carbons (Fsp3) is 0.733. The van der Waals surface area contributed by atoms with Gasteiger partial charge in [-0.3, -0.25) is 14.4 Å². The molecule has 20 heavy (non-hydrogen) atoms. The first-order valence-corrected chi connectivity index (χ1v) is 7.16. The second kappa shape index (κ2) is 4.88. The minimum atomic E-state index is -0.745. The van der Waals surface area contributed by atoms with E-state index in [2.05, 4.69) is 30.8 Å². The lowest BCUT2D eigenvalue weighted by Gasteiger charge is -2.31. The van der Waals surface area contributed by atoms with Gasteiger partial charge in [-0.1, -0.05) is 20.8 Å². The van der Waals surface area contributed by atoms with Crippen LogP contribution in [0.4, 0.5) is 0 Å². The molecule has 1 aromatic heterocycles. The Hall–Kier alpha value is -1.36. The van der Waals surface area contributed by atoms with E-state index in [1.54, 1.807) is 0 Å². The highest BCUT2D eigenvalue weighted by Gasteiger charge is 2.43. The number of likely N-dealkylation sites (tertiary alicyclic amines) is 1. The molecule has 5 nitrogen and oxygen atoms in total. The molecule has 0 saturated carbocycles. The number of carboxylic acid groups (broad SMARTS) is 1. The molecule has 1 unspecified atom stereocenters. The van der Waals surface area contributed by atoms with Crippen LogP contribution in [0.5, 0.6) is 0 Å². The van der Waals surface area contributed by atoms with Crippen LogP contribution in [0.3, 0.4) is 0 Å². The minimum absolute atomic E-state index is 0.0318. The van der Waals surface area contributed by atoms with Gasteiger partial charge in [0.25, 0.3) is 0 Å². The summed E-state index contributed by atoms with van der Waals surface area (Å²) in [6, 6.07) is 0. The van der Waals surface area contributed by atoms with Crippen molar-refractivity contribution in [3.63, 3.8) is 0 Å². The number of aryl methyl sites for hydroxylation is 1. The van der Waals surface area contributed by atoms with Gasteiger partial charge in [0, 0.05) is 30.8 Å². The number of carboxylic acids is 1. The van der Waals surface area contributed by atoms with Crippen LogP contribution in [-0.2, 0) is 23.8 Å². The molecule has 1 saturated heterocycles. The summed E-state index contributed by atoms with van der Waals surface area (Å²) in [5.74, 6) is -0.726. The maximum Gasteiger partial charge on any atom is 0.323 e. The molecule has 112 valence electrons. The van der Waals surface area contributed by atoms with Crippen LogP contribution in [0.1, 0.15) is 51.8 Å². The number of hydrogen-bond acceptors (Lipinski definition) is 3. The van der Waals surface area contributed by atoms with E-state index in [4.69, 9.17) is 0 Å². The molecular formula is C15H25N3O2. The van der Waals surface area contributed by atoms with E-state index in [0.29, 0.717) is 13.0 Å². The van der Waals surface area contributed by atoms with Gasteiger partial charge < -0.3 is 5.11 Å². The van der Waals surface area contributed by atoms with E-state index >= 15 is 0 Å². The van der Waals surface area contributed by atoms with Crippen molar-refractivity contribution in [1.82, 2.24) is 14.7 Å². The van der Waals surface area contributed by atoms with Crippen LogP contribution >= 0.6 is 0 Å². The SMILES string of the molecule is Cn1cc(CN2CCCC2(C)C(=O)O)c(C(C)(C)C)n1. The predicted octanol–water partition coefficient (Wildman–Crippen LogP) is 2.16. The van der Waals surface area contributed by atoms with Crippen molar-refractivity contribution in [3.05, 3.63) is 17.5 Å². The molecule has 1 aliphatic rings.